The molecular weight excluding hydrogens is 245 g/mol. The lowest BCUT2D eigenvalue weighted by molar-refractivity contribution is 0.417. The fourth-order valence-electron chi connectivity index (χ4n) is 1.81. The van der Waals surface area contributed by atoms with Crippen LogP contribution in [0, 0.1) is 5.82 Å². The molecule has 2 N–H and O–H groups in total. The third-order valence-corrected chi connectivity index (χ3v) is 4.86. The Morgan fingerprint density at radius 3 is 2.47 bits per heavy atom. The van der Waals surface area contributed by atoms with Gasteiger partial charge in [0.05, 0.1) is 18.3 Å². The lowest BCUT2D eigenvalue weighted by Crippen LogP contribution is -2.36. The van der Waals surface area contributed by atoms with Crippen LogP contribution in [0.2, 0.25) is 0 Å². The van der Waals surface area contributed by atoms with Crippen molar-refractivity contribution in [1.29, 1.82) is 0 Å². The predicted molar refractivity (Wildman–Crippen MR) is 63.3 cm³/mol. The summed E-state index contributed by atoms with van der Waals surface area (Å²) in [5.74, 6) is -0.394. The van der Waals surface area contributed by atoms with Gasteiger partial charge in [-0.1, -0.05) is 0 Å². The highest BCUT2D eigenvalue weighted by Gasteiger charge is 2.40. The summed E-state index contributed by atoms with van der Waals surface area (Å²) < 4.78 is 39.4. The molecule has 0 saturated carbocycles. The zero-order chi connectivity index (χ0) is 12.6. The molecule has 1 fully saturated rings. The van der Waals surface area contributed by atoms with E-state index < -0.39 is 16.0 Å². The molecule has 1 atom stereocenters. The van der Waals surface area contributed by atoms with Crippen LogP contribution < -0.4 is 10.0 Å². The van der Waals surface area contributed by atoms with E-state index in [4.69, 9.17) is 5.73 Å². The van der Waals surface area contributed by atoms with Crippen LogP contribution in [0.4, 0.5) is 10.1 Å². The summed E-state index contributed by atoms with van der Waals surface area (Å²) in [5, 5.41) is 0. The van der Waals surface area contributed by atoms with Gasteiger partial charge < -0.3 is 5.73 Å². The number of anilines is 1. The van der Waals surface area contributed by atoms with Crippen molar-refractivity contribution in [3.05, 3.63) is 30.1 Å². The molecule has 94 valence electrons. The summed E-state index contributed by atoms with van der Waals surface area (Å²) in [5.41, 5.74) is 5.97. The predicted octanol–water partition coefficient (Wildman–Crippen LogP) is 0.150. The Kier molecular flexibility index (Phi) is 3.07. The number of rotatable bonds is 2. The minimum Gasteiger partial charge on any atom is -0.329 e. The average Bonchev–Trinajstić information content (AvgIpc) is 2.53. The van der Waals surface area contributed by atoms with E-state index in [1.807, 2.05) is 0 Å². The maximum atomic E-state index is 12.8. The van der Waals surface area contributed by atoms with Crippen molar-refractivity contribution in [3.8, 4) is 0 Å². The van der Waals surface area contributed by atoms with Gasteiger partial charge in [-0.3, -0.25) is 4.31 Å². The number of halogens is 1. The maximum Gasteiger partial charge on any atom is 0.304 e. The molecule has 0 aliphatic carbocycles. The molecule has 0 spiro atoms. The van der Waals surface area contributed by atoms with E-state index in [9.17, 15) is 12.8 Å². The lowest BCUT2D eigenvalue weighted by Gasteiger charge is -2.17. The van der Waals surface area contributed by atoms with Crippen LogP contribution in [-0.4, -0.2) is 38.9 Å². The molecule has 1 aromatic rings. The standard InChI is InChI=1S/C10H14FN3O2S/c1-13-10(6-12)7-14(17(13,15)16)9-4-2-8(11)3-5-9/h2-5,10H,6-7,12H2,1H3. The van der Waals surface area contributed by atoms with E-state index in [1.165, 1.54) is 39.9 Å². The number of nitrogens with two attached hydrogens (primary N) is 1. The zero-order valence-electron chi connectivity index (χ0n) is 9.38. The third-order valence-electron chi connectivity index (χ3n) is 2.92. The van der Waals surface area contributed by atoms with E-state index in [-0.39, 0.29) is 12.6 Å². The number of benzene rings is 1. The first-order valence-corrected chi connectivity index (χ1v) is 6.58. The Balaban J connectivity index is 2.37. The van der Waals surface area contributed by atoms with Gasteiger partial charge in [0.25, 0.3) is 0 Å². The molecular formula is C10H14FN3O2S. The Labute approximate surface area is 99.8 Å². The summed E-state index contributed by atoms with van der Waals surface area (Å²) in [6.07, 6.45) is 0. The monoisotopic (exact) mass is 259 g/mol. The molecule has 0 radical (unpaired) electrons. The van der Waals surface area contributed by atoms with E-state index in [0.717, 1.165) is 0 Å². The third kappa shape index (κ3) is 2.01. The maximum absolute atomic E-state index is 12.8. The Bertz CT molecular complexity index is 503. The van der Waals surface area contributed by atoms with Crippen molar-refractivity contribution in [2.45, 2.75) is 6.04 Å². The van der Waals surface area contributed by atoms with Crippen LogP contribution in [-0.2, 0) is 10.2 Å². The fourth-order valence-corrected chi connectivity index (χ4v) is 3.40. The van der Waals surface area contributed by atoms with E-state index in [0.29, 0.717) is 12.2 Å². The molecule has 1 aliphatic rings. The lowest BCUT2D eigenvalue weighted by atomic mass is 10.2. The number of likely N-dealkylation sites (N-methyl/N-ethyl adjacent to an activating group) is 1. The summed E-state index contributed by atoms with van der Waals surface area (Å²) in [4.78, 5) is 0. The molecule has 1 unspecified atom stereocenters. The van der Waals surface area contributed by atoms with E-state index in [1.54, 1.807) is 0 Å². The SMILES string of the molecule is CN1C(CN)CN(c2ccc(F)cc2)S1(=O)=O. The average molecular weight is 259 g/mol. The molecule has 1 aliphatic heterocycles. The smallest absolute Gasteiger partial charge is 0.304 e. The van der Waals surface area contributed by atoms with Crippen LogP contribution in [0.15, 0.2) is 24.3 Å². The molecule has 1 heterocycles. The first kappa shape index (κ1) is 12.3. The van der Waals surface area contributed by atoms with Crippen LogP contribution >= 0.6 is 0 Å². The summed E-state index contributed by atoms with van der Waals surface area (Å²) in [7, 11) is -2.03. The molecule has 17 heavy (non-hydrogen) atoms. The molecule has 2 rings (SSSR count). The number of hydrogen-bond acceptors (Lipinski definition) is 3. The second-order valence-electron chi connectivity index (χ2n) is 3.92. The van der Waals surface area contributed by atoms with Crippen LogP contribution in [0.3, 0.4) is 0 Å². The van der Waals surface area contributed by atoms with Gasteiger partial charge in [-0.2, -0.15) is 12.7 Å². The molecule has 5 nitrogen and oxygen atoms in total. The normalized spacial score (nSPS) is 24.2. The molecule has 1 saturated heterocycles. The fraction of sp³-hybridized carbons (Fsp3) is 0.400. The van der Waals surface area contributed by atoms with Gasteiger partial charge in [0, 0.05) is 13.6 Å². The van der Waals surface area contributed by atoms with Crippen LogP contribution in [0.25, 0.3) is 0 Å². The number of hydrogen-bond donors (Lipinski definition) is 1. The molecule has 0 bridgehead atoms. The molecule has 0 aromatic heterocycles. The second kappa shape index (κ2) is 4.25. The largest absolute Gasteiger partial charge is 0.329 e. The first-order valence-electron chi connectivity index (χ1n) is 5.18. The minimum atomic E-state index is -3.53. The number of nitrogens with zero attached hydrogens (tertiary/aromatic N) is 2. The highest BCUT2D eigenvalue weighted by atomic mass is 32.2. The Hall–Kier alpha value is -1.18. The van der Waals surface area contributed by atoms with Crippen molar-refractivity contribution in [2.75, 3.05) is 24.4 Å². The van der Waals surface area contributed by atoms with Crippen LogP contribution in [0.5, 0.6) is 0 Å². The van der Waals surface area contributed by atoms with Gasteiger partial charge in [-0.05, 0) is 24.3 Å². The first-order chi connectivity index (χ1) is 7.96. The highest BCUT2D eigenvalue weighted by Crippen LogP contribution is 2.27. The van der Waals surface area contributed by atoms with E-state index >= 15 is 0 Å². The molecule has 1 aromatic carbocycles. The van der Waals surface area contributed by atoms with Gasteiger partial charge in [0.2, 0.25) is 0 Å². The van der Waals surface area contributed by atoms with Crippen molar-refractivity contribution in [1.82, 2.24) is 4.31 Å². The molecule has 7 heteroatoms. The van der Waals surface area contributed by atoms with Gasteiger partial charge in [-0.25, -0.2) is 4.39 Å². The van der Waals surface area contributed by atoms with Gasteiger partial charge in [0.1, 0.15) is 5.82 Å². The van der Waals surface area contributed by atoms with Gasteiger partial charge in [-0.15, -0.1) is 0 Å². The zero-order valence-corrected chi connectivity index (χ0v) is 10.2. The second-order valence-corrected chi connectivity index (χ2v) is 5.83. The van der Waals surface area contributed by atoms with Gasteiger partial charge >= 0.3 is 10.2 Å². The van der Waals surface area contributed by atoms with Crippen molar-refractivity contribution >= 4 is 15.9 Å². The Morgan fingerprint density at radius 1 is 1.41 bits per heavy atom. The minimum absolute atomic E-state index is 0.245. The quantitative estimate of drug-likeness (QED) is 0.822. The summed E-state index contributed by atoms with van der Waals surface area (Å²) in [6.45, 7) is 0.550. The van der Waals surface area contributed by atoms with Crippen LogP contribution in [0.1, 0.15) is 0 Å². The highest BCUT2D eigenvalue weighted by molar-refractivity contribution is 7.90. The van der Waals surface area contributed by atoms with E-state index in [2.05, 4.69) is 0 Å². The summed E-state index contributed by atoms with van der Waals surface area (Å²) in [6, 6.07) is 5.12. The molecule has 0 amide bonds. The topological polar surface area (TPSA) is 66.6 Å². The van der Waals surface area contributed by atoms with Crippen molar-refractivity contribution < 1.29 is 12.8 Å². The van der Waals surface area contributed by atoms with Crippen molar-refractivity contribution in [2.24, 2.45) is 5.73 Å². The summed E-state index contributed by atoms with van der Waals surface area (Å²) >= 11 is 0. The van der Waals surface area contributed by atoms with Crippen molar-refractivity contribution in [3.63, 3.8) is 0 Å². The Morgan fingerprint density at radius 2 is 2.00 bits per heavy atom. The van der Waals surface area contributed by atoms with Gasteiger partial charge in [0.15, 0.2) is 0 Å².